The number of amides is 1. The molecule has 0 atom stereocenters. The highest BCUT2D eigenvalue weighted by atomic mass is 35.5. The van der Waals surface area contributed by atoms with Gasteiger partial charge in [-0.3, -0.25) is 4.79 Å². The quantitative estimate of drug-likeness (QED) is 0.704. The molecule has 0 bridgehead atoms. The molecule has 0 saturated heterocycles. The number of hydrogen-bond donors (Lipinski definition) is 2. The highest BCUT2D eigenvalue weighted by Crippen LogP contribution is 2.21. The fourth-order valence-electron chi connectivity index (χ4n) is 2.22. The average Bonchev–Trinajstić information content (AvgIpc) is 2.64. The number of nitrogens with zero attached hydrogens (tertiary/aromatic N) is 2. The van der Waals surface area contributed by atoms with E-state index in [1.54, 1.807) is 18.2 Å². The topological polar surface area (TPSA) is 66.9 Å². The van der Waals surface area contributed by atoms with Crippen molar-refractivity contribution in [1.29, 1.82) is 0 Å². The highest BCUT2D eigenvalue weighted by Gasteiger charge is 2.09. The highest BCUT2D eigenvalue weighted by molar-refractivity contribution is 6.31. The van der Waals surface area contributed by atoms with Crippen LogP contribution in [0.25, 0.3) is 0 Å². The smallest absolute Gasteiger partial charge is 0.270 e. The second kappa shape index (κ2) is 7.93. The zero-order chi connectivity index (χ0) is 18.5. The number of nitrogens with one attached hydrogen (secondary N) is 2. The van der Waals surface area contributed by atoms with Gasteiger partial charge >= 0.3 is 0 Å². The van der Waals surface area contributed by atoms with Gasteiger partial charge in [-0.2, -0.15) is 0 Å². The molecule has 5 nitrogen and oxygen atoms in total. The first-order valence-corrected chi connectivity index (χ1v) is 8.28. The Morgan fingerprint density at radius 1 is 1.15 bits per heavy atom. The molecule has 7 heteroatoms. The van der Waals surface area contributed by atoms with Gasteiger partial charge < -0.3 is 10.6 Å². The van der Waals surface area contributed by atoms with Crippen molar-refractivity contribution in [3.63, 3.8) is 0 Å². The normalized spacial score (nSPS) is 10.4. The third-order valence-corrected chi connectivity index (χ3v) is 4.09. The summed E-state index contributed by atoms with van der Waals surface area (Å²) >= 11 is 6.10. The lowest BCUT2D eigenvalue weighted by molar-refractivity contribution is 0.0946. The summed E-state index contributed by atoms with van der Waals surface area (Å²) < 4.78 is 12.9. The van der Waals surface area contributed by atoms with E-state index in [1.807, 2.05) is 19.1 Å². The predicted octanol–water partition coefficient (Wildman–Crippen LogP) is 4.25. The van der Waals surface area contributed by atoms with Crippen molar-refractivity contribution in [3.05, 3.63) is 82.4 Å². The van der Waals surface area contributed by atoms with Gasteiger partial charge in [0.15, 0.2) is 0 Å². The number of anilines is 2. The Labute approximate surface area is 155 Å². The maximum absolute atomic E-state index is 12.9. The van der Waals surface area contributed by atoms with Crippen LogP contribution < -0.4 is 10.6 Å². The lowest BCUT2D eigenvalue weighted by Crippen LogP contribution is -2.24. The standard InChI is InChI=1S/C19H16ClFN4O/c1-12-2-7-15(10-16(12)20)24-19-22-9-8-17(25-19)18(26)23-11-13-3-5-14(21)6-4-13/h2-10H,11H2,1H3,(H,23,26)(H,22,24,25). The van der Waals surface area contributed by atoms with Crippen molar-refractivity contribution < 1.29 is 9.18 Å². The van der Waals surface area contributed by atoms with Crippen LogP contribution in [0.2, 0.25) is 5.02 Å². The predicted molar refractivity (Wildman–Crippen MR) is 99.1 cm³/mol. The number of rotatable bonds is 5. The van der Waals surface area contributed by atoms with Crippen LogP contribution in [-0.2, 0) is 6.54 Å². The fraction of sp³-hybridized carbons (Fsp3) is 0.105. The van der Waals surface area contributed by atoms with Gasteiger partial charge in [0.05, 0.1) is 0 Å². The van der Waals surface area contributed by atoms with E-state index in [0.29, 0.717) is 11.0 Å². The van der Waals surface area contributed by atoms with Crippen LogP contribution in [0, 0.1) is 12.7 Å². The summed E-state index contributed by atoms with van der Waals surface area (Å²) in [5, 5.41) is 6.39. The Morgan fingerprint density at radius 3 is 2.65 bits per heavy atom. The SMILES string of the molecule is Cc1ccc(Nc2nccc(C(=O)NCc3ccc(F)cc3)n2)cc1Cl. The molecule has 3 aromatic rings. The van der Waals surface area contributed by atoms with Gasteiger partial charge in [0.2, 0.25) is 5.95 Å². The molecule has 0 aliphatic heterocycles. The van der Waals surface area contributed by atoms with Crippen molar-refractivity contribution in [3.8, 4) is 0 Å². The van der Waals surface area contributed by atoms with Crippen molar-refractivity contribution in [1.82, 2.24) is 15.3 Å². The van der Waals surface area contributed by atoms with Crippen molar-refractivity contribution in [2.45, 2.75) is 13.5 Å². The van der Waals surface area contributed by atoms with E-state index in [9.17, 15) is 9.18 Å². The summed E-state index contributed by atoms with van der Waals surface area (Å²) in [4.78, 5) is 20.6. The Balaban J connectivity index is 1.66. The van der Waals surface area contributed by atoms with E-state index in [2.05, 4.69) is 20.6 Å². The van der Waals surface area contributed by atoms with Gasteiger partial charge in [-0.15, -0.1) is 0 Å². The third kappa shape index (κ3) is 4.55. The van der Waals surface area contributed by atoms with Crippen molar-refractivity contribution in [2.24, 2.45) is 0 Å². The fourth-order valence-corrected chi connectivity index (χ4v) is 2.40. The van der Waals surface area contributed by atoms with E-state index in [4.69, 9.17) is 11.6 Å². The van der Waals surface area contributed by atoms with Crippen LogP contribution in [-0.4, -0.2) is 15.9 Å². The van der Waals surface area contributed by atoms with E-state index in [0.717, 1.165) is 16.8 Å². The van der Waals surface area contributed by atoms with Crippen LogP contribution in [0.4, 0.5) is 16.0 Å². The number of halogens is 2. The Kier molecular flexibility index (Phi) is 5.43. The van der Waals surface area contributed by atoms with Gasteiger partial charge in [-0.05, 0) is 48.4 Å². The molecule has 0 aliphatic carbocycles. The molecule has 0 radical (unpaired) electrons. The molecular formula is C19H16ClFN4O. The summed E-state index contributed by atoms with van der Waals surface area (Å²) in [5.41, 5.74) is 2.71. The summed E-state index contributed by atoms with van der Waals surface area (Å²) in [6.07, 6.45) is 1.50. The first-order valence-electron chi connectivity index (χ1n) is 7.90. The Hall–Kier alpha value is -2.99. The maximum atomic E-state index is 12.9. The van der Waals surface area contributed by atoms with Gasteiger partial charge in [0.1, 0.15) is 11.5 Å². The van der Waals surface area contributed by atoms with Crippen LogP contribution >= 0.6 is 11.6 Å². The molecule has 1 aromatic heterocycles. The van der Waals surface area contributed by atoms with Gasteiger partial charge in [-0.1, -0.05) is 29.8 Å². The molecular weight excluding hydrogens is 355 g/mol. The van der Waals surface area contributed by atoms with E-state index in [1.165, 1.54) is 24.4 Å². The van der Waals surface area contributed by atoms with Crippen LogP contribution in [0.3, 0.4) is 0 Å². The molecule has 0 fully saturated rings. The second-order valence-electron chi connectivity index (χ2n) is 5.66. The monoisotopic (exact) mass is 370 g/mol. The molecule has 1 amide bonds. The number of carbonyl (C=O) groups is 1. The number of aromatic nitrogens is 2. The molecule has 0 aliphatic rings. The van der Waals surface area contributed by atoms with Gasteiger partial charge in [0.25, 0.3) is 5.91 Å². The molecule has 2 aromatic carbocycles. The van der Waals surface area contributed by atoms with Gasteiger partial charge in [-0.25, -0.2) is 14.4 Å². The lowest BCUT2D eigenvalue weighted by atomic mass is 10.2. The van der Waals surface area contributed by atoms with E-state index >= 15 is 0 Å². The van der Waals surface area contributed by atoms with E-state index < -0.39 is 0 Å². The molecule has 0 saturated carbocycles. The van der Waals surface area contributed by atoms with Crippen LogP contribution in [0.1, 0.15) is 21.6 Å². The minimum atomic E-state index is -0.346. The second-order valence-corrected chi connectivity index (χ2v) is 6.07. The number of benzene rings is 2. The van der Waals surface area contributed by atoms with Crippen LogP contribution in [0.5, 0.6) is 0 Å². The van der Waals surface area contributed by atoms with E-state index in [-0.39, 0.29) is 24.0 Å². The minimum Gasteiger partial charge on any atom is -0.347 e. The van der Waals surface area contributed by atoms with Gasteiger partial charge in [0, 0.05) is 23.5 Å². The van der Waals surface area contributed by atoms with Crippen LogP contribution in [0.15, 0.2) is 54.7 Å². The summed E-state index contributed by atoms with van der Waals surface area (Å²) in [6, 6.07) is 12.9. The zero-order valence-corrected chi connectivity index (χ0v) is 14.7. The first kappa shape index (κ1) is 17.8. The number of carbonyl (C=O) groups excluding carboxylic acids is 1. The van der Waals surface area contributed by atoms with Crippen molar-refractivity contribution >= 4 is 29.1 Å². The minimum absolute atomic E-state index is 0.225. The number of hydrogen-bond acceptors (Lipinski definition) is 4. The first-order chi connectivity index (χ1) is 12.5. The lowest BCUT2D eigenvalue weighted by Gasteiger charge is -2.08. The summed E-state index contributed by atoms with van der Waals surface area (Å²) in [7, 11) is 0. The maximum Gasteiger partial charge on any atom is 0.270 e. The third-order valence-electron chi connectivity index (χ3n) is 3.68. The summed E-state index contributed by atoms with van der Waals surface area (Å²) in [6.45, 7) is 2.19. The summed E-state index contributed by atoms with van der Waals surface area (Å²) in [5.74, 6) is -0.371. The molecule has 0 spiro atoms. The molecule has 2 N–H and O–H groups in total. The molecule has 3 rings (SSSR count). The molecule has 26 heavy (non-hydrogen) atoms. The Bertz CT molecular complexity index is 931. The largest absolute Gasteiger partial charge is 0.347 e. The average molecular weight is 371 g/mol. The number of aryl methyl sites for hydroxylation is 1. The van der Waals surface area contributed by atoms with Crippen molar-refractivity contribution in [2.75, 3.05) is 5.32 Å². The molecule has 132 valence electrons. The Morgan fingerprint density at radius 2 is 1.92 bits per heavy atom. The zero-order valence-electron chi connectivity index (χ0n) is 14.0. The molecule has 0 unspecified atom stereocenters. The molecule has 1 heterocycles.